The van der Waals surface area contributed by atoms with E-state index in [0.29, 0.717) is 0 Å². The van der Waals surface area contributed by atoms with E-state index in [1.54, 1.807) is 0 Å². The molecule has 4 heteroatoms. The molecule has 0 bridgehead atoms. The predicted octanol–water partition coefficient (Wildman–Crippen LogP) is 2.07. The van der Waals surface area contributed by atoms with Crippen molar-refractivity contribution in [1.82, 2.24) is 9.55 Å². The SMILES string of the molecule is COC(=O)C1(Cc2ccc3c(c2)ncn3C)CC1. The molecule has 0 spiro atoms. The molecule has 4 nitrogen and oxygen atoms in total. The van der Waals surface area contributed by atoms with Crippen LogP contribution in [0, 0.1) is 5.41 Å². The number of benzene rings is 1. The normalized spacial score (nSPS) is 16.8. The van der Waals surface area contributed by atoms with E-state index in [4.69, 9.17) is 4.74 Å². The summed E-state index contributed by atoms with van der Waals surface area (Å²) in [4.78, 5) is 16.1. The van der Waals surface area contributed by atoms with Gasteiger partial charge in [0.2, 0.25) is 0 Å². The lowest BCUT2D eigenvalue weighted by atomic mass is 9.96. The zero-order chi connectivity index (χ0) is 12.8. The van der Waals surface area contributed by atoms with E-state index in [-0.39, 0.29) is 11.4 Å². The standard InChI is InChI=1S/C14H16N2O2/c1-16-9-15-11-7-10(3-4-12(11)16)8-14(5-6-14)13(17)18-2/h3-4,7,9H,5-6,8H2,1-2H3. The van der Waals surface area contributed by atoms with Crippen LogP contribution in [0.3, 0.4) is 0 Å². The first-order valence-electron chi connectivity index (χ1n) is 6.13. The summed E-state index contributed by atoms with van der Waals surface area (Å²) in [6, 6.07) is 6.20. The van der Waals surface area contributed by atoms with E-state index in [1.165, 1.54) is 7.11 Å². The number of hydrogen-bond acceptors (Lipinski definition) is 3. The number of fused-ring (bicyclic) bond motifs is 1. The van der Waals surface area contributed by atoms with Crippen LogP contribution in [0.5, 0.6) is 0 Å². The van der Waals surface area contributed by atoms with Crippen LogP contribution in [0.25, 0.3) is 11.0 Å². The van der Waals surface area contributed by atoms with Gasteiger partial charge in [0.25, 0.3) is 0 Å². The van der Waals surface area contributed by atoms with E-state index >= 15 is 0 Å². The maximum atomic E-state index is 11.7. The van der Waals surface area contributed by atoms with Crippen LogP contribution in [0.2, 0.25) is 0 Å². The minimum atomic E-state index is -0.267. The fraction of sp³-hybridized carbons (Fsp3) is 0.429. The van der Waals surface area contributed by atoms with Crippen molar-refractivity contribution in [3.8, 4) is 0 Å². The average molecular weight is 244 g/mol. The van der Waals surface area contributed by atoms with Crippen LogP contribution < -0.4 is 0 Å². The number of aryl methyl sites for hydroxylation is 1. The Morgan fingerprint density at radius 2 is 2.28 bits per heavy atom. The molecular weight excluding hydrogens is 228 g/mol. The molecule has 0 aliphatic heterocycles. The first-order chi connectivity index (χ1) is 8.64. The fourth-order valence-corrected chi connectivity index (χ4v) is 2.50. The number of carbonyl (C=O) groups excluding carboxylic acids is 1. The van der Waals surface area contributed by atoms with Gasteiger partial charge in [0.1, 0.15) is 0 Å². The summed E-state index contributed by atoms with van der Waals surface area (Å²) in [5.41, 5.74) is 2.98. The van der Waals surface area contributed by atoms with Crippen LogP contribution >= 0.6 is 0 Å². The van der Waals surface area contributed by atoms with E-state index < -0.39 is 0 Å². The molecule has 1 aliphatic carbocycles. The third kappa shape index (κ3) is 1.68. The van der Waals surface area contributed by atoms with Crippen molar-refractivity contribution in [3.63, 3.8) is 0 Å². The Kier molecular flexibility index (Phi) is 2.40. The van der Waals surface area contributed by atoms with E-state index in [0.717, 1.165) is 35.9 Å². The largest absolute Gasteiger partial charge is 0.469 e. The number of nitrogens with zero attached hydrogens (tertiary/aromatic N) is 2. The van der Waals surface area contributed by atoms with Gasteiger partial charge in [-0.3, -0.25) is 4.79 Å². The van der Waals surface area contributed by atoms with Crippen LogP contribution in [-0.2, 0) is 23.0 Å². The predicted molar refractivity (Wildman–Crippen MR) is 68.1 cm³/mol. The van der Waals surface area contributed by atoms with Crippen LogP contribution in [-0.4, -0.2) is 22.6 Å². The second-order valence-corrected chi connectivity index (χ2v) is 5.13. The van der Waals surface area contributed by atoms with Gasteiger partial charge in [-0.25, -0.2) is 4.98 Å². The molecule has 0 unspecified atom stereocenters. The van der Waals surface area contributed by atoms with Gasteiger partial charge in [0.05, 0.1) is 29.9 Å². The Balaban J connectivity index is 1.89. The summed E-state index contributed by atoms with van der Waals surface area (Å²) in [5.74, 6) is -0.0800. The van der Waals surface area contributed by atoms with Gasteiger partial charge in [0.15, 0.2) is 0 Å². The van der Waals surface area contributed by atoms with Gasteiger partial charge >= 0.3 is 5.97 Å². The first-order valence-corrected chi connectivity index (χ1v) is 6.13. The quantitative estimate of drug-likeness (QED) is 0.776. The highest BCUT2D eigenvalue weighted by Gasteiger charge is 2.50. The Morgan fingerprint density at radius 1 is 1.50 bits per heavy atom. The van der Waals surface area contributed by atoms with Crippen molar-refractivity contribution >= 4 is 17.0 Å². The third-order valence-corrected chi connectivity index (χ3v) is 3.80. The van der Waals surface area contributed by atoms with Gasteiger partial charge < -0.3 is 9.30 Å². The van der Waals surface area contributed by atoms with Crippen LogP contribution in [0.4, 0.5) is 0 Å². The minimum absolute atomic E-state index is 0.0800. The second kappa shape index (κ2) is 3.83. The van der Waals surface area contributed by atoms with Gasteiger partial charge in [-0.15, -0.1) is 0 Å². The minimum Gasteiger partial charge on any atom is -0.469 e. The number of carbonyl (C=O) groups is 1. The lowest BCUT2D eigenvalue weighted by Crippen LogP contribution is -2.19. The van der Waals surface area contributed by atoms with E-state index in [2.05, 4.69) is 23.2 Å². The van der Waals surface area contributed by atoms with Crippen molar-refractivity contribution < 1.29 is 9.53 Å². The molecule has 1 aromatic carbocycles. The Labute approximate surface area is 106 Å². The number of esters is 1. The summed E-state index contributed by atoms with van der Waals surface area (Å²) in [7, 11) is 3.44. The molecule has 0 N–H and O–H groups in total. The number of ether oxygens (including phenoxy) is 1. The number of hydrogen-bond donors (Lipinski definition) is 0. The van der Waals surface area contributed by atoms with Crippen LogP contribution in [0.1, 0.15) is 18.4 Å². The van der Waals surface area contributed by atoms with Gasteiger partial charge in [-0.2, -0.15) is 0 Å². The first kappa shape index (κ1) is 11.3. The van der Waals surface area contributed by atoms with Gasteiger partial charge in [0, 0.05) is 7.05 Å². The molecule has 18 heavy (non-hydrogen) atoms. The lowest BCUT2D eigenvalue weighted by molar-refractivity contribution is -0.147. The van der Waals surface area contributed by atoms with E-state index in [9.17, 15) is 4.79 Å². The summed E-state index contributed by atoms with van der Waals surface area (Å²) in [5, 5.41) is 0. The van der Waals surface area contributed by atoms with E-state index in [1.807, 2.05) is 17.9 Å². The topological polar surface area (TPSA) is 44.1 Å². The van der Waals surface area contributed by atoms with Gasteiger partial charge in [-0.05, 0) is 37.0 Å². The number of methoxy groups -OCH3 is 1. The molecule has 0 radical (unpaired) electrons. The molecule has 1 saturated carbocycles. The molecule has 0 atom stereocenters. The highest BCUT2D eigenvalue weighted by molar-refractivity contribution is 5.81. The van der Waals surface area contributed by atoms with Crippen molar-refractivity contribution in [2.45, 2.75) is 19.3 Å². The Bertz CT molecular complexity index is 611. The molecule has 0 saturated heterocycles. The molecule has 3 rings (SSSR count). The van der Waals surface area contributed by atoms with Crippen molar-refractivity contribution in [3.05, 3.63) is 30.1 Å². The molecule has 1 aromatic heterocycles. The number of imidazole rings is 1. The van der Waals surface area contributed by atoms with Crippen molar-refractivity contribution in [2.75, 3.05) is 7.11 Å². The maximum absolute atomic E-state index is 11.7. The zero-order valence-electron chi connectivity index (χ0n) is 10.6. The Hall–Kier alpha value is -1.84. The molecule has 2 aromatic rings. The van der Waals surface area contributed by atoms with Crippen molar-refractivity contribution in [1.29, 1.82) is 0 Å². The molecule has 94 valence electrons. The average Bonchev–Trinajstić information content (AvgIpc) is 3.07. The Morgan fingerprint density at radius 3 is 2.94 bits per heavy atom. The summed E-state index contributed by atoms with van der Waals surface area (Å²) in [6.45, 7) is 0. The highest BCUT2D eigenvalue weighted by Crippen LogP contribution is 2.49. The van der Waals surface area contributed by atoms with Crippen LogP contribution in [0.15, 0.2) is 24.5 Å². The monoisotopic (exact) mass is 244 g/mol. The second-order valence-electron chi connectivity index (χ2n) is 5.13. The zero-order valence-corrected chi connectivity index (χ0v) is 10.6. The summed E-state index contributed by atoms with van der Waals surface area (Å²) >= 11 is 0. The summed E-state index contributed by atoms with van der Waals surface area (Å²) < 4.78 is 6.88. The van der Waals surface area contributed by atoms with Gasteiger partial charge in [-0.1, -0.05) is 6.07 Å². The number of rotatable bonds is 3. The van der Waals surface area contributed by atoms with Crippen molar-refractivity contribution in [2.24, 2.45) is 12.5 Å². The lowest BCUT2D eigenvalue weighted by Gasteiger charge is -2.12. The smallest absolute Gasteiger partial charge is 0.312 e. The third-order valence-electron chi connectivity index (χ3n) is 3.80. The molecule has 1 aliphatic rings. The fourth-order valence-electron chi connectivity index (χ4n) is 2.50. The maximum Gasteiger partial charge on any atom is 0.312 e. The number of aromatic nitrogens is 2. The molecule has 1 heterocycles. The molecule has 0 amide bonds. The highest BCUT2D eigenvalue weighted by atomic mass is 16.5. The molecular formula is C14H16N2O2. The molecule has 1 fully saturated rings. The summed E-state index contributed by atoms with van der Waals surface area (Å²) in [6.07, 6.45) is 4.42.